The molecule has 0 bridgehead atoms. The van der Waals surface area contributed by atoms with E-state index in [0.717, 1.165) is 28.2 Å². The van der Waals surface area contributed by atoms with Gasteiger partial charge in [0.1, 0.15) is 0 Å². The highest BCUT2D eigenvalue weighted by Gasteiger charge is 2.35. The Labute approximate surface area is 254 Å². The Bertz CT molecular complexity index is 1830. The van der Waals surface area contributed by atoms with Gasteiger partial charge in [0.2, 0.25) is 0 Å². The van der Waals surface area contributed by atoms with Gasteiger partial charge < -0.3 is 4.90 Å². The second-order valence-electron chi connectivity index (χ2n) is 11.3. The van der Waals surface area contributed by atoms with Crippen LogP contribution in [0, 0.1) is 0 Å². The summed E-state index contributed by atoms with van der Waals surface area (Å²) in [6.07, 6.45) is 5.64. The van der Waals surface area contributed by atoms with Crippen molar-refractivity contribution in [1.82, 2.24) is 0 Å². The quantitative estimate of drug-likeness (QED) is 0.178. The Morgan fingerprint density at radius 1 is 0.643 bits per heavy atom. The molecule has 6 rings (SSSR count). The van der Waals surface area contributed by atoms with Crippen LogP contribution in [-0.4, -0.2) is 0 Å². The third kappa shape index (κ3) is 5.02. The summed E-state index contributed by atoms with van der Waals surface area (Å²) in [5, 5.41) is 0.600. The van der Waals surface area contributed by atoms with Crippen molar-refractivity contribution in [2.24, 2.45) is 0 Å². The number of rotatable bonds is 7. The molecular formula is C40H34ClN. The fourth-order valence-corrected chi connectivity index (χ4v) is 6.16. The van der Waals surface area contributed by atoms with Crippen LogP contribution in [0.4, 0.5) is 11.4 Å². The molecule has 1 nitrogen and oxygen atoms in total. The minimum Gasteiger partial charge on any atom is -0.314 e. The number of hydrogen-bond acceptors (Lipinski definition) is 1. The Morgan fingerprint density at radius 3 is 2.00 bits per heavy atom. The molecule has 206 valence electrons. The summed E-state index contributed by atoms with van der Waals surface area (Å²) in [5.74, 6) is 0. The maximum absolute atomic E-state index is 6.37. The number of fused-ring (bicyclic) bond motifs is 3. The topological polar surface area (TPSA) is 3.24 Å². The molecule has 5 aromatic rings. The highest BCUT2D eigenvalue weighted by atomic mass is 35.5. The molecule has 0 unspecified atom stereocenters. The van der Waals surface area contributed by atoms with Crippen molar-refractivity contribution in [3.8, 4) is 33.4 Å². The number of halogens is 1. The van der Waals surface area contributed by atoms with Gasteiger partial charge in [0, 0.05) is 27.4 Å². The lowest BCUT2D eigenvalue weighted by Crippen LogP contribution is -2.18. The number of nitrogens with zero attached hydrogens (tertiary/aromatic N) is 1. The lowest BCUT2D eigenvalue weighted by molar-refractivity contribution is 0.660. The van der Waals surface area contributed by atoms with Gasteiger partial charge in [0.05, 0.1) is 5.69 Å². The van der Waals surface area contributed by atoms with Crippen molar-refractivity contribution in [2.45, 2.75) is 26.2 Å². The van der Waals surface area contributed by atoms with E-state index in [1.54, 1.807) is 6.08 Å². The van der Waals surface area contributed by atoms with Crippen molar-refractivity contribution in [3.05, 3.63) is 168 Å². The predicted molar refractivity (Wildman–Crippen MR) is 181 cm³/mol. The van der Waals surface area contributed by atoms with Crippen molar-refractivity contribution >= 4 is 23.0 Å². The minimum absolute atomic E-state index is 0.100. The van der Waals surface area contributed by atoms with Crippen LogP contribution >= 0.6 is 11.6 Å². The summed E-state index contributed by atoms with van der Waals surface area (Å²) in [7, 11) is 0. The highest BCUT2D eigenvalue weighted by Crippen LogP contribution is 2.50. The molecule has 0 spiro atoms. The average molecular weight is 564 g/mol. The standard InChI is InChI=1S/C40H34ClN/c1-5-32(41)22-20-28(2)42(33-23-24-35-34-18-12-13-19-37(34)40(3,4)38(35)27-33)39-25-21-31(29-14-8-6-9-15-29)26-36(39)30-16-10-7-11-17-30/h5-27H,1H2,2-4H3/b28-20+,32-22+. The first kappa shape index (κ1) is 27.6. The van der Waals surface area contributed by atoms with E-state index in [-0.39, 0.29) is 5.41 Å². The molecular weight excluding hydrogens is 530 g/mol. The normalized spacial score (nSPS) is 13.8. The molecule has 0 heterocycles. The third-order valence-corrected chi connectivity index (χ3v) is 8.57. The first-order chi connectivity index (χ1) is 20.4. The lowest BCUT2D eigenvalue weighted by atomic mass is 9.82. The Hall–Kier alpha value is -4.59. The fourth-order valence-electron chi connectivity index (χ4n) is 6.10. The average Bonchev–Trinajstić information content (AvgIpc) is 3.27. The van der Waals surface area contributed by atoms with Crippen LogP contribution in [0.3, 0.4) is 0 Å². The molecule has 0 fully saturated rings. The van der Waals surface area contributed by atoms with E-state index in [2.05, 4.69) is 160 Å². The first-order valence-corrected chi connectivity index (χ1v) is 14.7. The largest absolute Gasteiger partial charge is 0.314 e. The van der Waals surface area contributed by atoms with Gasteiger partial charge in [-0.05, 0) is 82.3 Å². The van der Waals surface area contributed by atoms with Crippen molar-refractivity contribution < 1.29 is 0 Å². The zero-order valence-corrected chi connectivity index (χ0v) is 25.1. The summed E-state index contributed by atoms with van der Waals surface area (Å²) in [4.78, 5) is 2.35. The van der Waals surface area contributed by atoms with E-state index in [4.69, 9.17) is 11.6 Å². The van der Waals surface area contributed by atoms with E-state index < -0.39 is 0 Å². The van der Waals surface area contributed by atoms with E-state index in [0.29, 0.717) is 5.03 Å². The fraction of sp³-hybridized carbons (Fsp3) is 0.100. The molecule has 42 heavy (non-hydrogen) atoms. The van der Waals surface area contributed by atoms with E-state index in [9.17, 15) is 0 Å². The molecule has 5 aromatic carbocycles. The number of allylic oxidation sites excluding steroid dienone is 5. The van der Waals surface area contributed by atoms with Gasteiger partial charge in [-0.15, -0.1) is 0 Å². The zero-order chi connectivity index (χ0) is 29.3. The number of hydrogen-bond donors (Lipinski definition) is 0. The first-order valence-electron chi connectivity index (χ1n) is 14.3. The van der Waals surface area contributed by atoms with Gasteiger partial charge in [0.25, 0.3) is 0 Å². The molecule has 1 aliphatic rings. The van der Waals surface area contributed by atoms with Crippen LogP contribution < -0.4 is 4.90 Å². The molecule has 0 aromatic heterocycles. The third-order valence-electron chi connectivity index (χ3n) is 8.29. The van der Waals surface area contributed by atoms with Gasteiger partial charge in [0.15, 0.2) is 0 Å². The maximum Gasteiger partial charge on any atom is 0.0537 e. The lowest BCUT2D eigenvalue weighted by Gasteiger charge is -2.30. The van der Waals surface area contributed by atoms with Gasteiger partial charge in [-0.25, -0.2) is 0 Å². The van der Waals surface area contributed by atoms with Crippen molar-refractivity contribution in [2.75, 3.05) is 4.90 Å². The van der Waals surface area contributed by atoms with Crippen molar-refractivity contribution in [3.63, 3.8) is 0 Å². The van der Waals surface area contributed by atoms with E-state index in [1.165, 1.54) is 33.4 Å². The zero-order valence-electron chi connectivity index (χ0n) is 24.3. The van der Waals surface area contributed by atoms with Crippen LogP contribution in [-0.2, 0) is 5.41 Å². The summed E-state index contributed by atoms with van der Waals surface area (Å²) in [6.45, 7) is 10.6. The van der Waals surface area contributed by atoms with Gasteiger partial charge in [-0.3, -0.25) is 0 Å². The van der Waals surface area contributed by atoms with Gasteiger partial charge >= 0.3 is 0 Å². The van der Waals surface area contributed by atoms with Gasteiger partial charge in [-0.2, -0.15) is 0 Å². The van der Waals surface area contributed by atoms with Crippen LogP contribution in [0.25, 0.3) is 33.4 Å². The monoisotopic (exact) mass is 563 g/mol. The molecule has 0 radical (unpaired) electrons. The minimum atomic E-state index is -0.100. The Kier molecular flexibility index (Phi) is 7.45. The predicted octanol–water partition coefficient (Wildman–Crippen LogP) is 11.7. The SMILES string of the molecule is C=C/C(Cl)=C\C=C(/C)N(c1ccc2c(c1)C(C)(C)c1ccccc1-2)c1ccc(-c2ccccc2)cc1-c1ccccc1. The second-order valence-corrected chi connectivity index (χ2v) is 11.7. The van der Waals surface area contributed by atoms with Crippen LogP contribution in [0.2, 0.25) is 0 Å². The summed E-state index contributed by atoms with van der Waals surface area (Å²) < 4.78 is 0. The number of benzene rings is 5. The second kappa shape index (κ2) is 11.4. The molecule has 0 saturated heterocycles. The van der Waals surface area contributed by atoms with Crippen molar-refractivity contribution in [1.29, 1.82) is 0 Å². The molecule has 0 N–H and O–H groups in total. The van der Waals surface area contributed by atoms with Crippen LogP contribution in [0.15, 0.2) is 157 Å². The van der Waals surface area contributed by atoms with Crippen LogP contribution in [0.5, 0.6) is 0 Å². The molecule has 0 amide bonds. The molecule has 0 aliphatic heterocycles. The molecule has 2 heteroatoms. The highest BCUT2D eigenvalue weighted by molar-refractivity contribution is 6.31. The number of anilines is 2. The Balaban J connectivity index is 1.58. The van der Waals surface area contributed by atoms with Gasteiger partial charge in [-0.1, -0.05) is 135 Å². The smallest absolute Gasteiger partial charge is 0.0537 e. The maximum atomic E-state index is 6.37. The van der Waals surface area contributed by atoms with E-state index in [1.807, 2.05) is 6.08 Å². The Morgan fingerprint density at radius 2 is 1.29 bits per heavy atom. The van der Waals surface area contributed by atoms with Crippen LogP contribution in [0.1, 0.15) is 31.9 Å². The molecule has 1 aliphatic carbocycles. The summed E-state index contributed by atoms with van der Waals surface area (Å²) >= 11 is 6.37. The summed E-state index contributed by atoms with van der Waals surface area (Å²) in [5.41, 5.74) is 13.2. The summed E-state index contributed by atoms with van der Waals surface area (Å²) in [6, 6.07) is 43.6. The molecule has 0 atom stereocenters. The van der Waals surface area contributed by atoms with E-state index >= 15 is 0 Å². The molecule has 0 saturated carbocycles.